The minimum atomic E-state index is -0.416. The molecule has 0 unspecified atom stereocenters. The summed E-state index contributed by atoms with van der Waals surface area (Å²) in [4.78, 5) is 26.5. The van der Waals surface area contributed by atoms with Gasteiger partial charge in [0.2, 0.25) is 5.78 Å². The first kappa shape index (κ1) is 18.5. The van der Waals surface area contributed by atoms with E-state index in [1.807, 2.05) is 34.2 Å². The molecule has 0 aliphatic heterocycles. The molecule has 0 fully saturated rings. The number of hydrogen-bond donors (Lipinski definition) is 0. The van der Waals surface area contributed by atoms with E-state index in [4.69, 9.17) is 10.00 Å². The molecule has 2 heterocycles. The van der Waals surface area contributed by atoms with Crippen molar-refractivity contribution in [3.63, 3.8) is 0 Å². The molecule has 1 aliphatic carbocycles. The van der Waals surface area contributed by atoms with Gasteiger partial charge >= 0.3 is 5.97 Å². The second-order valence-electron chi connectivity index (χ2n) is 6.92. The Hall–Kier alpha value is -2.91. The van der Waals surface area contributed by atoms with Crippen LogP contribution in [0.1, 0.15) is 50.4 Å². The van der Waals surface area contributed by atoms with Crippen LogP contribution in [0, 0.1) is 11.3 Å². The largest absolute Gasteiger partial charge is 0.454 e. The van der Waals surface area contributed by atoms with E-state index in [2.05, 4.69) is 6.07 Å². The van der Waals surface area contributed by atoms with Crippen molar-refractivity contribution >= 4 is 34.0 Å². The quantitative estimate of drug-likeness (QED) is 0.456. The summed E-state index contributed by atoms with van der Waals surface area (Å²) in [6.07, 6.45) is 6.30. The Labute approximate surface area is 167 Å². The van der Waals surface area contributed by atoms with E-state index in [0.29, 0.717) is 24.1 Å². The van der Waals surface area contributed by atoms with Crippen LogP contribution in [-0.2, 0) is 24.1 Å². The lowest BCUT2D eigenvalue weighted by atomic mass is 9.96. The van der Waals surface area contributed by atoms with Gasteiger partial charge in [-0.25, -0.2) is 4.79 Å². The van der Waals surface area contributed by atoms with Crippen LogP contribution >= 0.6 is 11.3 Å². The molecule has 1 aromatic carbocycles. The summed E-state index contributed by atoms with van der Waals surface area (Å²) in [7, 11) is 0. The van der Waals surface area contributed by atoms with Gasteiger partial charge < -0.3 is 9.30 Å². The minimum absolute atomic E-state index is 0.232. The topological polar surface area (TPSA) is 72.1 Å². The van der Waals surface area contributed by atoms with Gasteiger partial charge in [0.1, 0.15) is 0 Å². The first-order chi connectivity index (χ1) is 13.7. The van der Waals surface area contributed by atoms with Crippen LogP contribution in [0.15, 0.2) is 35.8 Å². The number of esters is 1. The number of aromatic nitrogens is 1. The summed E-state index contributed by atoms with van der Waals surface area (Å²) in [5.41, 5.74) is 3.14. The smallest absolute Gasteiger partial charge is 0.339 e. The standard InChI is InChI=1S/C22H20N2O3S/c23-10-5-11-24-12-17(15-6-1-3-8-19(15)24)20(25)13-27-22(26)18-14-28-21-9-4-2-7-16(18)21/h1,3,6,8,12,14H,2,4-5,7,9,11,13H2. The van der Waals surface area contributed by atoms with Crippen molar-refractivity contribution in [2.45, 2.75) is 38.6 Å². The number of fused-ring (bicyclic) bond motifs is 2. The molecule has 0 amide bonds. The molecule has 6 heteroatoms. The number of rotatable bonds is 6. The van der Waals surface area contributed by atoms with Gasteiger partial charge in [0.15, 0.2) is 6.61 Å². The van der Waals surface area contributed by atoms with Gasteiger partial charge in [-0.05, 0) is 37.3 Å². The summed E-state index contributed by atoms with van der Waals surface area (Å²) in [5.74, 6) is -0.648. The van der Waals surface area contributed by atoms with E-state index >= 15 is 0 Å². The number of ketones is 1. The van der Waals surface area contributed by atoms with E-state index in [-0.39, 0.29) is 12.4 Å². The lowest BCUT2D eigenvalue weighted by Crippen LogP contribution is -2.15. The van der Waals surface area contributed by atoms with Crippen LogP contribution in [0.2, 0.25) is 0 Å². The van der Waals surface area contributed by atoms with Gasteiger partial charge in [-0.2, -0.15) is 5.26 Å². The lowest BCUT2D eigenvalue weighted by Gasteiger charge is -2.12. The summed E-state index contributed by atoms with van der Waals surface area (Å²) >= 11 is 1.61. The molecule has 0 N–H and O–H groups in total. The third-order valence-corrected chi connectivity index (χ3v) is 6.26. The van der Waals surface area contributed by atoms with Gasteiger partial charge in [0, 0.05) is 39.5 Å². The predicted molar refractivity (Wildman–Crippen MR) is 108 cm³/mol. The fraction of sp³-hybridized carbons (Fsp3) is 0.318. The molecular weight excluding hydrogens is 372 g/mol. The molecule has 142 valence electrons. The Morgan fingerprint density at radius 2 is 2.00 bits per heavy atom. The van der Waals surface area contributed by atoms with Crippen molar-refractivity contribution in [2.24, 2.45) is 0 Å². The number of aryl methyl sites for hydroxylation is 2. The Kier molecular flexibility index (Phi) is 5.27. The summed E-state index contributed by atoms with van der Waals surface area (Å²) in [6.45, 7) is 0.237. The highest BCUT2D eigenvalue weighted by Crippen LogP contribution is 2.30. The highest BCUT2D eigenvalue weighted by Gasteiger charge is 2.22. The van der Waals surface area contributed by atoms with E-state index in [0.717, 1.165) is 42.1 Å². The van der Waals surface area contributed by atoms with Crippen LogP contribution in [0.5, 0.6) is 0 Å². The number of ether oxygens (including phenoxy) is 1. The second-order valence-corrected chi connectivity index (χ2v) is 7.88. The Balaban J connectivity index is 1.50. The maximum atomic E-state index is 12.8. The number of benzene rings is 1. The average molecular weight is 392 g/mol. The number of nitrogens with zero attached hydrogens (tertiary/aromatic N) is 2. The predicted octanol–water partition coefficient (Wildman–Crippen LogP) is 4.53. The van der Waals surface area contributed by atoms with Crippen molar-refractivity contribution in [1.29, 1.82) is 5.26 Å². The fourth-order valence-electron chi connectivity index (χ4n) is 3.78. The Morgan fingerprint density at radius 1 is 1.18 bits per heavy atom. The van der Waals surface area contributed by atoms with Crippen molar-refractivity contribution in [3.8, 4) is 6.07 Å². The third-order valence-electron chi connectivity index (χ3n) is 5.17. The lowest BCUT2D eigenvalue weighted by molar-refractivity contribution is 0.0474. The molecule has 0 bridgehead atoms. The number of Topliss-reactive ketones (excluding diaryl/α,β-unsaturated/α-hetero) is 1. The van der Waals surface area contributed by atoms with Crippen molar-refractivity contribution < 1.29 is 14.3 Å². The number of nitriles is 1. The van der Waals surface area contributed by atoms with Gasteiger partial charge in [-0.3, -0.25) is 4.79 Å². The van der Waals surface area contributed by atoms with Gasteiger partial charge in [-0.15, -0.1) is 11.3 Å². The monoisotopic (exact) mass is 392 g/mol. The zero-order valence-electron chi connectivity index (χ0n) is 15.4. The summed E-state index contributed by atoms with van der Waals surface area (Å²) < 4.78 is 7.27. The highest BCUT2D eigenvalue weighted by atomic mass is 32.1. The average Bonchev–Trinajstić information content (AvgIpc) is 3.32. The molecule has 2 aromatic heterocycles. The van der Waals surface area contributed by atoms with Crippen molar-refractivity contribution in [1.82, 2.24) is 4.57 Å². The van der Waals surface area contributed by atoms with E-state index in [1.54, 1.807) is 17.5 Å². The second kappa shape index (κ2) is 7.99. The number of hydrogen-bond acceptors (Lipinski definition) is 5. The van der Waals surface area contributed by atoms with Crippen LogP contribution in [0.4, 0.5) is 0 Å². The fourth-order valence-corrected chi connectivity index (χ4v) is 4.89. The Morgan fingerprint density at radius 3 is 2.86 bits per heavy atom. The maximum Gasteiger partial charge on any atom is 0.339 e. The number of carbonyl (C=O) groups excluding carboxylic acids is 2. The van der Waals surface area contributed by atoms with Crippen molar-refractivity contribution in [2.75, 3.05) is 6.61 Å². The SMILES string of the molecule is N#CCCn1cc(C(=O)COC(=O)c2csc3c2CCCC3)c2ccccc21. The van der Waals surface area contributed by atoms with Crippen LogP contribution in [0.3, 0.4) is 0 Å². The van der Waals surface area contributed by atoms with Crippen molar-refractivity contribution in [3.05, 3.63) is 57.4 Å². The van der Waals surface area contributed by atoms with Gasteiger partial charge in [0.25, 0.3) is 0 Å². The van der Waals surface area contributed by atoms with E-state index < -0.39 is 5.97 Å². The third kappa shape index (κ3) is 3.46. The zero-order chi connectivity index (χ0) is 19.5. The molecule has 4 rings (SSSR count). The van der Waals surface area contributed by atoms with Gasteiger partial charge in [0.05, 0.1) is 18.1 Å². The molecule has 0 atom stereocenters. The molecule has 0 saturated carbocycles. The molecule has 5 nitrogen and oxygen atoms in total. The first-order valence-electron chi connectivity index (χ1n) is 9.43. The molecule has 28 heavy (non-hydrogen) atoms. The molecule has 0 saturated heterocycles. The number of para-hydroxylation sites is 1. The first-order valence-corrected chi connectivity index (χ1v) is 10.3. The van der Waals surface area contributed by atoms with E-state index in [1.165, 1.54) is 4.88 Å². The molecule has 1 aliphatic rings. The van der Waals surface area contributed by atoms with Gasteiger partial charge in [-0.1, -0.05) is 18.2 Å². The maximum absolute atomic E-state index is 12.8. The van der Waals surface area contributed by atoms with Crippen LogP contribution in [0.25, 0.3) is 10.9 Å². The van der Waals surface area contributed by atoms with Crippen LogP contribution in [-0.4, -0.2) is 22.9 Å². The Bertz CT molecular complexity index is 1090. The van der Waals surface area contributed by atoms with Crippen LogP contribution < -0.4 is 0 Å². The number of thiophene rings is 1. The molecule has 3 aromatic rings. The summed E-state index contributed by atoms with van der Waals surface area (Å²) in [5, 5.41) is 11.5. The molecule has 0 spiro atoms. The van der Waals surface area contributed by atoms with E-state index in [9.17, 15) is 9.59 Å². The number of carbonyl (C=O) groups is 2. The summed E-state index contributed by atoms with van der Waals surface area (Å²) in [6, 6.07) is 9.70. The minimum Gasteiger partial charge on any atom is -0.454 e. The zero-order valence-corrected chi connectivity index (χ0v) is 16.3. The normalized spacial score (nSPS) is 13.1. The highest BCUT2D eigenvalue weighted by molar-refractivity contribution is 7.10. The molecule has 0 radical (unpaired) electrons. The molecular formula is C22H20N2O3S.